The average molecular weight is 319 g/mol. The number of carbonyl (C=O) groups is 1. The molecule has 0 saturated carbocycles. The Morgan fingerprint density at radius 3 is 2.76 bits per heavy atom. The molecular formula is C11H12BrFN2OS. The number of nitrogens with two attached hydrogens (primary N) is 1. The van der Waals surface area contributed by atoms with E-state index in [1.165, 1.54) is 12.1 Å². The molecule has 0 heterocycles. The molecule has 0 bridgehead atoms. The van der Waals surface area contributed by atoms with Gasteiger partial charge in [-0.2, -0.15) is 0 Å². The second kappa shape index (κ2) is 6.66. The molecule has 0 aliphatic rings. The summed E-state index contributed by atoms with van der Waals surface area (Å²) in [4.78, 5) is 12.1. The molecule has 0 atom stereocenters. The van der Waals surface area contributed by atoms with Crippen LogP contribution in [0.2, 0.25) is 0 Å². The van der Waals surface area contributed by atoms with Crippen molar-refractivity contribution in [1.82, 2.24) is 5.32 Å². The lowest BCUT2D eigenvalue weighted by Crippen LogP contribution is -2.25. The molecule has 0 aromatic heterocycles. The third-order valence-corrected chi connectivity index (χ3v) is 2.67. The molecule has 1 amide bonds. The number of nitrogens with one attached hydrogen (secondary N) is 1. The topological polar surface area (TPSA) is 55.1 Å². The van der Waals surface area contributed by atoms with Crippen molar-refractivity contribution < 1.29 is 9.18 Å². The number of benzene rings is 1. The standard InChI is InChI=1S/C11H12BrFN2OS/c12-8-4-7(5-9(13)6-8)11(16)15-3-1-2-10(14)17/h4-6H,1-3H2,(H2,14,17)(H,15,16). The molecule has 3 N–H and O–H groups in total. The molecule has 0 aliphatic heterocycles. The summed E-state index contributed by atoms with van der Waals surface area (Å²) in [5, 5.41) is 2.67. The fraction of sp³-hybridized carbons (Fsp3) is 0.273. The molecule has 3 nitrogen and oxygen atoms in total. The first-order valence-electron chi connectivity index (χ1n) is 5.01. The van der Waals surface area contributed by atoms with E-state index in [4.69, 9.17) is 18.0 Å². The van der Waals surface area contributed by atoms with Gasteiger partial charge in [-0.3, -0.25) is 4.79 Å². The van der Waals surface area contributed by atoms with Crippen LogP contribution in [0.1, 0.15) is 23.2 Å². The number of hydrogen-bond donors (Lipinski definition) is 2. The first-order valence-corrected chi connectivity index (χ1v) is 6.22. The minimum Gasteiger partial charge on any atom is -0.393 e. The molecule has 1 aromatic rings. The van der Waals surface area contributed by atoms with Crippen molar-refractivity contribution in [3.63, 3.8) is 0 Å². The van der Waals surface area contributed by atoms with Gasteiger partial charge in [0.1, 0.15) is 5.82 Å². The Balaban J connectivity index is 2.49. The van der Waals surface area contributed by atoms with E-state index in [-0.39, 0.29) is 11.5 Å². The highest BCUT2D eigenvalue weighted by molar-refractivity contribution is 9.10. The quantitative estimate of drug-likeness (QED) is 0.647. The summed E-state index contributed by atoms with van der Waals surface area (Å²) in [5.41, 5.74) is 5.61. The molecule has 0 unspecified atom stereocenters. The van der Waals surface area contributed by atoms with Gasteiger partial charge in [0.15, 0.2) is 0 Å². The summed E-state index contributed by atoms with van der Waals surface area (Å²) in [6.07, 6.45) is 1.26. The van der Waals surface area contributed by atoms with Gasteiger partial charge in [-0.25, -0.2) is 4.39 Å². The molecule has 0 saturated heterocycles. The third kappa shape index (κ3) is 5.23. The van der Waals surface area contributed by atoms with Crippen LogP contribution >= 0.6 is 28.1 Å². The fourth-order valence-electron chi connectivity index (χ4n) is 1.25. The summed E-state index contributed by atoms with van der Waals surface area (Å²) < 4.78 is 13.6. The predicted octanol–water partition coefficient (Wildman–Crippen LogP) is 2.38. The maximum Gasteiger partial charge on any atom is 0.251 e. The van der Waals surface area contributed by atoms with Crippen molar-refractivity contribution in [3.05, 3.63) is 34.1 Å². The van der Waals surface area contributed by atoms with E-state index >= 15 is 0 Å². The van der Waals surface area contributed by atoms with Gasteiger partial charge in [0.25, 0.3) is 5.91 Å². The molecule has 17 heavy (non-hydrogen) atoms. The minimum atomic E-state index is -0.451. The van der Waals surface area contributed by atoms with E-state index in [2.05, 4.69) is 21.2 Å². The zero-order chi connectivity index (χ0) is 12.8. The highest BCUT2D eigenvalue weighted by Gasteiger charge is 2.07. The molecule has 1 aromatic carbocycles. The van der Waals surface area contributed by atoms with Crippen LogP contribution in [0.25, 0.3) is 0 Å². The van der Waals surface area contributed by atoms with Crippen LogP contribution in [0.4, 0.5) is 4.39 Å². The number of thiocarbonyl (C=S) groups is 1. The van der Waals surface area contributed by atoms with E-state index in [1.54, 1.807) is 6.07 Å². The first kappa shape index (κ1) is 14.1. The number of carbonyl (C=O) groups excluding carboxylic acids is 1. The number of halogens is 2. The summed E-state index contributed by atoms with van der Waals surface area (Å²) in [5.74, 6) is -0.763. The molecule has 0 fully saturated rings. The van der Waals surface area contributed by atoms with Crippen LogP contribution < -0.4 is 11.1 Å². The van der Waals surface area contributed by atoms with Gasteiger partial charge in [0.2, 0.25) is 0 Å². The lowest BCUT2D eigenvalue weighted by Gasteiger charge is -2.05. The fourth-order valence-corrected chi connectivity index (χ4v) is 1.86. The van der Waals surface area contributed by atoms with Crippen LogP contribution in [0.5, 0.6) is 0 Å². The largest absolute Gasteiger partial charge is 0.393 e. The maximum absolute atomic E-state index is 13.0. The van der Waals surface area contributed by atoms with Gasteiger partial charge in [-0.05, 0) is 31.0 Å². The van der Waals surface area contributed by atoms with E-state index in [1.807, 2.05) is 0 Å². The highest BCUT2D eigenvalue weighted by atomic mass is 79.9. The predicted molar refractivity (Wildman–Crippen MR) is 72.5 cm³/mol. The van der Waals surface area contributed by atoms with Gasteiger partial charge < -0.3 is 11.1 Å². The Morgan fingerprint density at radius 2 is 2.18 bits per heavy atom. The second-order valence-corrected chi connectivity index (χ2v) is 4.92. The molecular weight excluding hydrogens is 307 g/mol. The van der Waals surface area contributed by atoms with Crippen molar-refractivity contribution >= 4 is 39.0 Å². The Bertz CT molecular complexity index is 419. The highest BCUT2D eigenvalue weighted by Crippen LogP contribution is 2.14. The van der Waals surface area contributed by atoms with Crippen LogP contribution in [0.3, 0.4) is 0 Å². The Morgan fingerprint density at radius 1 is 1.47 bits per heavy atom. The van der Waals surface area contributed by atoms with Crippen molar-refractivity contribution in [2.24, 2.45) is 5.73 Å². The van der Waals surface area contributed by atoms with Gasteiger partial charge >= 0.3 is 0 Å². The maximum atomic E-state index is 13.0. The van der Waals surface area contributed by atoms with Gasteiger partial charge in [0.05, 0.1) is 4.99 Å². The molecule has 6 heteroatoms. The van der Waals surface area contributed by atoms with Gasteiger partial charge in [0, 0.05) is 16.6 Å². The summed E-state index contributed by atoms with van der Waals surface area (Å²) in [6.45, 7) is 0.463. The Kier molecular flexibility index (Phi) is 5.50. The molecule has 92 valence electrons. The van der Waals surface area contributed by atoms with Crippen LogP contribution in [0, 0.1) is 5.82 Å². The van der Waals surface area contributed by atoms with Crippen molar-refractivity contribution in [1.29, 1.82) is 0 Å². The Labute approximate surface area is 113 Å². The molecule has 0 radical (unpaired) electrons. The number of rotatable bonds is 5. The summed E-state index contributed by atoms with van der Waals surface area (Å²) in [6, 6.07) is 4.04. The van der Waals surface area contributed by atoms with Crippen molar-refractivity contribution in [2.45, 2.75) is 12.8 Å². The second-order valence-electron chi connectivity index (χ2n) is 3.48. The Hall–Kier alpha value is -1.01. The monoisotopic (exact) mass is 318 g/mol. The van der Waals surface area contributed by atoms with Crippen LogP contribution in [-0.2, 0) is 0 Å². The molecule has 0 aliphatic carbocycles. The van der Waals surface area contributed by atoms with Gasteiger partial charge in [-0.15, -0.1) is 0 Å². The SMILES string of the molecule is NC(=S)CCCNC(=O)c1cc(F)cc(Br)c1. The van der Waals surface area contributed by atoms with Crippen molar-refractivity contribution in [3.8, 4) is 0 Å². The normalized spacial score (nSPS) is 10.0. The van der Waals surface area contributed by atoms with E-state index in [9.17, 15) is 9.18 Å². The first-order chi connectivity index (χ1) is 7.99. The van der Waals surface area contributed by atoms with Gasteiger partial charge in [-0.1, -0.05) is 28.1 Å². The number of amides is 1. The third-order valence-electron chi connectivity index (χ3n) is 2.01. The number of hydrogen-bond acceptors (Lipinski definition) is 2. The summed E-state index contributed by atoms with van der Waals surface area (Å²) in [7, 11) is 0. The van der Waals surface area contributed by atoms with E-state index in [0.717, 1.165) is 0 Å². The molecule has 0 spiro atoms. The van der Waals surface area contributed by atoms with Crippen LogP contribution in [-0.4, -0.2) is 17.4 Å². The lowest BCUT2D eigenvalue weighted by atomic mass is 10.2. The zero-order valence-electron chi connectivity index (χ0n) is 9.00. The zero-order valence-corrected chi connectivity index (χ0v) is 11.4. The van der Waals surface area contributed by atoms with Crippen LogP contribution in [0.15, 0.2) is 22.7 Å². The molecule has 1 rings (SSSR count). The van der Waals surface area contributed by atoms with E-state index < -0.39 is 5.82 Å². The average Bonchev–Trinajstić information content (AvgIpc) is 2.22. The summed E-state index contributed by atoms with van der Waals surface area (Å²) >= 11 is 7.84. The minimum absolute atomic E-state index is 0.284. The van der Waals surface area contributed by atoms with E-state index in [0.29, 0.717) is 28.8 Å². The smallest absolute Gasteiger partial charge is 0.251 e. The lowest BCUT2D eigenvalue weighted by molar-refractivity contribution is 0.0953. The van der Waals surface area contributed by atoms with Crippen molar-refractivity contribution in [2.75, 3.05) is 6.54 Å².